The molecular weight excluding hydrogens is 128 g/mol. The summed E-state index contributed by atoms with van der Waals surface area (Å²) < 4.78 is 4.94. The molecule has 1 aliphatic rings. The van der Waals surface area contributed by atoms with Gasteiger partial charge in [-0.3, -0.25) is 0 Å². The quantitative estimate of drug-likeness (QED) is 0.447. The minimum absolute atomic E-state index is 0. The van der Waals surface area contributed by atoms with Crippen molar-refractivity contribution in [2.45, 2.75) is 12.8 Å². The molecule has 1 nitrogen and oxygen atoms in total. The van der Waals surface area contributed by atoms with E-state index in [-0.39, 0.29) is 17.1 Å². The van der Waals surface area contributed by atoms with Gasteiger partial charge in [0, 0.05) is 30.3 Å². The zero-order valence-corrected chi connectivity index (χ0v) is 4.48. The van der Waals surface area contributed by atoms with Crippen LogP contribution in [0.15, 0.2) is 0 Å². The second-order valence-corrected chi connectivity index (χ2v) is 1.32. The number of rotatable bonds is 0. The first-order chi connectivity index (χ1) is 2.50. The molecule has 1 rings (SSSR count). The third kappa shape index (κ3) is 1.81. The SMILES string of the molecule is C1CCOC1.[Cu]. The van der Waals surface area contributed by atoms with E-state index in [0.29, 0.717) is 0 Å². The predicted octanol–water partition coefficient (Wildman–Crippen LogP) is 0.794. The molecule has 0 unspecified atom stereocenters. The van der Waals surface area contributed by atoms with Gasteiger partial charge in [-0.15, -0.1) is 0 Å². The summed E-state index contributed by atoms with van der Waals surface area (Å²) in [5, 5.41) is 0. The maximum absolute atomic E-state index is 4.94. The average molecular weight is 136 g/mol. The normalized spacial score (nSPS) is 20.0. The van der Waals surface area contributed by atoms with Crippen molar-refractivity contribution in [3.63, 3.8) is 0 Å². The molecule has 0 bridgehead atoms. The summed E-state index contributed by atoms with van der Waals surface area (Å²) in [4.78, 5) is 0. The molecule has 1 fully saturated rings. The van der Waals surface area contributed by atoms with Gasteiger partial charge in [0.15, 0.2) is 0 Å². The molecule has 0 aliphatic carbocycles. The fraction of sp³-hybridized carbons (Fsp3) is 1.00. The van der Waals surface area contributed by atoms with Crippen molar-refractivity contribution in [3.8, 4) is 0 Å². The van der Waals surface area contributed by atoms with E-state index in [4.69, 9.17) is 4.74 Å². The Bertz CT molecular complexity index is 19.1. The van der Waals surface area contributed by atoms with Crippen molar-refractivity contribution < 1.29 is 21.8 Å². The molecule has 0 aromatic carbocycles. The molecule has 1 aliphatic heterocycles. The van der Waals surface area contributed by atoms with Crippen LogP contribution in [0.5, 0.6) is 0 Å². The van der Waals surface area contributed by atoms with Crippen LogP contribution >= 0.6 is 0 Å². The zero-order valence-electron chi connectivity index (χ0n) is 3.54. The van der Waals surface area contributed by atoms with E-state index < -0.39 is 0 Å². The van der Waals surface area contributed by atoms with Crippen LogP contribution in [0.4, 0.5) is 0 Å². The topological polar surface area (TPSA) is 9.23 Å². The number of hydrogen-bond donors (Lipinski definition) is 0. The molecule has 0 spiro atoms. The first-order valence-corrected chi connectivity index (χ1v) is 2.08. The molecule has 0 amide bonds. The van der Waals surface area contributed by atoms with Crippen molar-refractivity contribution in [1.29, 1.82) is 0 Å². The van der Waals surface area contributed by atoms with Crippen LogP contribution in [0.1, 0.15) is 12.8 Å². The molecule has 1 heterocycles. The van der Waals surface area contributed by atoms with Gasteiger partial charge in [-0.05, 0) is 12.8 Å². The Balaban J connectivity index is 0.000000250. The number of ether oxygens (including phenoxy) is 1. The molecule has 0 saturated carbocycles. The first-order valence-electron chi connectivity index (χ1n) is 2.08. The van der Waals surface area contributed by atoms with Gasteiger partial charge in [-0.1, -0.05) is 0 Å². The minimum atomic E-state index is 0. The summed E-state index contributed by atoms with van der Waals surface area (Å²) in [6.45, 7) is 2.00. The van der Waals surface area contributed by atoms with Crippen LogP contribution in [0.25, 0.3) is 0 Å². The summed E-state index contributed by atoms with van der Waals surface area (Å²) in [6.07, 6.45) is 2.56. The van der Waals surface area contributed by atoms with Crippen LogP contribution in [0.3, 0.4) is 0 Å². The van der Waals surface area contributed by atoms with Gasteiger partial charge >= 0.3 is 0 Å². The third-order valence-corrected chi connectivity index (χ3v) is 0.827. The standard InChI is InChI=1S/C4H8O.Cu/c1-2-4-5-3-1;/h1-4H2;. The summed E-state index contributed by atoms with van der Waals surface area (Å²) in [7, 11) is 0. The fourth-order valence-corrected chi connectivity index (χ4v) is 0.510. The Morgan fingerprint density at radius 3 is 1.67 bits per heavy atom. The fourth-order valence-electron chi connectivity index (χ4n) is 0.510. The monoisotopic (exact) mass is 135 g/mol. The van der Waals surface area contributed by atoms with Gasteiger partial charge in [0.1, 0.15) is 0 Å². The van der Waals surface area contributed by atoms with Gasteiger partial charge in [0.05, 0.1) is 0 Å². The van der Waals surface area contributed by atoms with Crippen molar-refractivity contribution >= 4 is 0 Å². The second-order valence-electron chi connectivity index (χ2n) is 1.32. The van der Waals surface area contributed by atoms with Gasteiger partial charge in [0.2, 0.25) is 0 Å². The summed E-state index contributed by atoms with van der Waals surface area (Å²) in [5.74, 6) is 0. The van der Waals surface area contributed by atoms with Crippen LogP contribution < -0.4 is 0 Å². The van der Waals surface area contributed by atoms with E-state index in [2.05, 4.69) is 0 Å². The second kappa shape index (κ2) is 3.66. The molecule has 6 heavy (non-hydrogen) atoms. The van der Waals surface area contributed by atoms with E-state index in [0.717, 1.165) is 13.2 Å². The Hall–Kier alpha value is 0.479. The van der Waals surface area contributed by atoms with Crippen molar-refractivity contribution in [2.75, 3.05) is 13.2 Å². The molecule has 0 N–H and O–H groups in total. The van der Waals surface area contributed by atoms with Gasteiger partial charge < -0.3 is 4.74 Å². The molecule has 41 valence electrons. The van der Waals surface area contributed by atoms with E-state index >= 15 is 0 Å². The summed E-state index contributed by atoms with van der Waals surface area (Å²) in [6, 6.07) is 0. The minimum Gasteiger partial charge on any atom is -0.381 e. The Morgan fingerprint density at radius 1 is 1.00 bits per heavy atom. The van der Waals surface area contributed by atoms with Gasteiger partial charge in [-0.25, -0.2) is 0 Å². The van der Waals surface area contributed by atoms with Crippen LogP contribution in [0, 0.1) is 0 Å². The van der Waals surface area contributed by atoms with E-state index in [1.807, 2.05) is 0 Å². The van der Waals surface area contributed by atoms with Crippen LogP contribution in [0.2, 0.25) is 0 Å². The maximum Gasteiger partial charge on any atom is 0.0466 e. The Kier molecular flexibility index (Phi) is 3.95. The molecule has 0 atom stereocenters. The van der Waals surface area contributed by atoms with Crippen LogP contribution in [-0.4, -0.2) is 13.2 Å². The van der Waals surface area contributed by atoms with Crippen molar-refractivity contribution in [1.82, 2.24) is 0 Å². The van der Waals surface area contributed by atoms with E-state index in [1.165, 1.54) is 12.8 Å². The van der Waals surface area contributed by atoms with Gasteiger partial charge in [0.25, 0.3) is 0 Å². The molecule has 0 aromatic heterocycles. The average Bonchev–Trinajstić information content (AvgIpc) is 1.76. The van der Waals surface area contributed by atoms with E-state index in [1.54, 1.807) is 0 Å². The number of hydrogen-bond acceptors (Lipinski definition) is 1. The molecular formula is C4H8CuO. The maximum atomic E-state index is 4.94. The van der Waals surface area contributed by atoms with Crippen molar-refractivity contribution in [2.24, 2.45) is 0 Å². The van der Waals surface area contributed by atoms with E-state index in [9.17, 15) is 0 Å². The predicted molar refractivity (Wildman–Crippen MR) is 20.1 cm³/mol. The molecule has 2 heteroatoms. The van der Waals surface area contributed by atoms with Crippen molar-refractivity contribution in [3.05, 3.63) is 0 Å². The smallest absolute Gasteiger partial charge is 0.0466 e. The zero-order chi connectivity index (χ0) is 3.54. The summed E-state index contributed by atoms with van der Waals surface area (Å²) >= 11 is 0. The first kappa shape index (κ1) is 6.48. The third-order valence-electron chi connectivity index (χ3n) is 0.827. The Morgan fingerprint density at radius 2 is 1.50 bits per heavy atom. The van der Waals surface area contributed by atoms with Crippen LogP contribution in [-0.2, 0) is 21.8 Å². The largest absolute Gasteiger partial charge is 0.381 e. The summed E-state index contributed by atoms with van der Waals surface area (Å²) in [5.41, 5.74) is 0. The van der Waals surface area contributed by atoms with Gasteiger partial charge in [-0.2, -0.15) is 0 Å². The molecule has 1 radical (unpaired) electrons. The Labute approximate surface area is 48.5 Å². The molecule has 0 aromatic rings. The molecule has 1 saturated heterocycles.